The summed E-state index contributed by atoms with van der Waals surface area (Å²) in [5, 5.41) is 0. The van der Waals surface area contributed by atoms with Crippen LogP contribution in [0.2, 0.25) is 0 Å². The SMILES string of the molecule is CC1CCC(n2cncc2C(N)c2ccccc2)C(C)C1. The molecule has 0 aliphatic heterocycles. The van der Waals surface area contributed by atoms with Crippen LogP contribution in [-0.2, 0) is 0 Å². The van der Waals surface area contributed by atoms with Gasteiger partial charge >= 0.3 is 0 Å². The predicted octanol–water partition coefficient (Wildman–Crippen LogP) is 3.93. The summed E-state index contributed by atoms with van der Waals surface area (Å²) < 4.78 is 2.33. The molecule has 21 heavy (non-hydrogen) atoms. The maximum absolute atomic E-state index is 6.48. The van der Waals surface area contributed by atoms with Gasteiger partial charge in [0.2, 0.25) is 0 Å². The van der Waals surface area contributed by atoms with Gasteiger partial charge in [-0.15, -0.1) is 0 Å². The van der Waals surface area contributed by atoms with Gasteiger partial charge in [-0.05, 0) is 36.7 Å². The van der Waals surface area contributed by atoms with E-state index in [1.54, 1.807) is 0 Å². The molecule has 112 valence electrons. The zero-order valence-electron chi connectivity index (χ0n) is 12.9. The topological polar surface area (TPSA) is 43.8 Å². The van der Waals surface area contributed by atoms with Gasteiger partial charge in [-0.1, -0.05) is 44.2 Å². The molecule has 2 aromatic rings. The molecule has 4 atom stereocenters. The molecule has 1 fully saturated rings. The van der Waals surface area contributed by atoms with Crippen molar-refractivity contribution in [2.45, 2.75) is 45.2 Å². The second-order valence-electron chi connectivity index (χ2n) is 6.58. The Hall–Kier alpha value is -1.61. The van der Waals surface area contributed by atoms with E-state index in [-0.39, 0.29) is 6.04 Å². The van der Waals surface area contributed by atoms with Crippen molar-refractivity contribution < 1.29 is 0 Å². The zero-order chi connectivity index (χ0) is 14.8. The Kier molecular flexibility index (Phi) is 4.11. The second-order valence-corrected chi connectivity index (χ2v) is 6.58. The van der Waals surface area contributed by atoms with Crippen LogP contribution in [0.3, 0.4) is 0 Å². The van der Waals surface area contributed by atoms with Crippen molar-refractivity contribution in [3.63, 3.8) is 0 Å². The molecule has 1 heterocycles. The summed E-state index contributed by atoms with van der Waals surface area (Å²) >= 11 is 0. The monoisotopic (exact) mass is 283 g/mol. The molecule has 1 aromatic heterocycles. The largest absolute Gasteiger partial charge is 0.330 e. The highest BCUT2D eigenvalue weighted by Gasteiger charge is 2.28. The van der Waals surface area contributed by atoms with Crippen LogP contribution in [0.15, 0.2) is 42.9 Å². The molecule has 0 amide bonds. The average molecular weight is 283 g/mol. The lowest BCUT2D eigenvalue weighted by atomic mass is 9.79. The number of nitrogens with zero attached hydrogens (tertiary/aromatic N) is 2. The van der Waals surface area contributed by atoms with Crippen LogP contribution in [-0.4, -0.2) is 9.55 Å². The standard InChI is InChI=1S/C18H25N3/c1-13-8-9-16(14(2)10-13)21-12-20-11-17(21)18(19)15-6-4-3-5-7-15/h3-7,11-14,16,18H,8-10,19H2,1-2H3. The minimum atomic E-state index is -0.0970. The third-order valence-corrected chi connectivity index (χ3v) is 4.92. The summed E-state index contributed by atoms with van der Waals surface area (Å²) in [7, 11) is 0. The fourth-order valence-corrected chi connectivity index (χ4v) is 3.73. The van der Waals surface area contributed by atoms with Gasteiger partial charge in [-0.2, -0.15) is 0 Å². The van der Waals surface area contributed by atoms with Gasteiger partial charge in [-0.25, -0.2) is 4.98 Å². The van der Waals surface area contributed by atoms with Gasteiger partial charge in [0.1, 0.15) is 0 Å². The molecule has 1 saturated carbocycles. The summed E-state index contributed by atoms with van der Waals surface area (Å²) in [5.74, 6) is 1.52. The molecule has 0 radical (unpaired) electrons. The van der Waals surface area contributed by atoms with Crippen molar-refractivity contribution in [2.75, 3.05) is 0 Å². The van der Waals surface area contributed by atoms with Gasteiger partial charge in [0.15, 0.2) is 0 Å². The molecule has 4 unspecified atom stereocenters. The van der Waals surface area contributed by atoms with E-state index in [4.69, 9.17) is 5.73 Å². The lowest BCUT2D eigenvalue weighted by Gasteiger charge is -2.35. The lowest BCUT2D eigenvalue weighted by molar-refractivity contribution is 0.204. The Morgan fingerprint density at radius 1 is 1.19 bits per heavy atom. The van der Waals surface area contributed by atoms with Gasteiger partial charge in [-0.3, -0.25) is 0 Å². The van der Waals surface area contributed by atoms with E-state index in [2.05, 4.69) is 35.5 Å². The Labute approximate surface area is 127 Å². The van der Waals surface area contributed by atoms with Crippen LogP contribution >= 0.6 is 0 Å². The molecule has 1 aromatic carbocycles. The van der Waals surface area contributed by atoms with Crippen molar-refractivity contribution in [3.8, 4) is 0 Å². The quantitative estimate of drug-likeness (QED) is 0.927. The fourth-order valence-electron chi connectivity index (χ4n) is 3.73. The number of rotatable bonds is 3. The van der Waals surface area contributed by atoms with Crippen LogP contribution in [0.1, 0.15) is 56.5 Å². The highest BCUT2D eigenvalue weighted by molar-refractivity contribution is 5.26. The second kappa shape index (κ2) is 6.02. The minimum Gasteiger partial charge on any atom is -0.330 e. The maximum Gasteiger partial charge on any atom is 0.0951 e. The predicted molar refractivity (Wildman–Crippen MR) is 85.9 cm³/mol. The van der Waals surface area contributed by atoms with E-state index in [0.29, 0.717) is 12.0 Å². The Morgan fingerprint density at radius 2 is 1.95 bits per heavy atom. The summed E-state index contributed by atoms with van der Waals surface area (Å²) in [6.45, 7) is 4.72. The first kappa shape index (κ1) is 14.3. The fraction of sp³-hybridized carbons (Fsp3) is 0.500. The van der Waals surface area contributed by atoms with Gasteiger partial charge in [0, 0.05) is 6.04 Å². The molecule has 3 nitrogen and oxygen atoms in total. The molecule has 0 saturated heterocycles. The van der Waals surface area contributed by atoms with Crippen molar-refractivity contribution in [2.24, 2.45) is 17.6 Å². The van der Waals surface area contributed by atoms with E-state index < -0.39 is 0 Å². The molecule has 1 aliphatic rings. The van der Waals surface area contributed by atoms with E-state index in [9.17, 15) is 0 Å². The number of imidazole rings is 1. The van der Waals surface area contributed by atoms with E-state index in [1.807, 2.05) is 30.7 Å². The Balaban J connectivity index is 1.87. The number of hydrogen-bond donors (Lipinski definition) is 1. The summed E-state index contributed by atoms with van der Waals surface area (Å²) in [6, 6.07) is 10.7. The Morgan fingerprint density at radius 3 is 2.67 bits per heavy atom. The minimum absolute atomic E-state index is 0.0970. The summed E-state index contributed by atoms with van der Waals surface area (Å²) in [5.41, 5.74) is 8.76. The van der Waals surface area contributed by atoms with Crippen molar-refractivity contribution in [1.82, 2.24) is 9.55 Å². The molecule has 3 rings (SSSR count). The Bertz CT molecular complexity index is 575. The van der Waals surface area contributed by atoms with Crippen LogP contribution in [0.5, 0.6) is 0 Å². The smallest absolute Gasteiger partial charge is 0.0951 e. The number of hydrogen-bond acceptors (Lipinski definition) is 2. The maximum atomic E-state index is 6.48. The number of aromatic nitrogens is 2. The molecule has 1 aliphatic carbocycles. The van der Waals surface area contributed by atoms with Crippen molar-refractivity contribution in [1.29, 1.82) is 0 Å². The van der Waals surface area contributed by atoms with Crippen molar-refractivity contribution in [3.05, 3.63) is 54.1 Å². The van der Waals surface area contributed by atoms with Gasteiger partial charge < -0.3 is 10.3 Å². The molecule has 0 bridgehead atoms. The third kappa shape index (κ3) is 2.88. The summed E-state index contributed by atoms with van der Waals surface area (Å²) in [4.78, 5) is 4.38. The van der Waals surface area contributed by atoms with E-state index in [0.717, 1.165) is 17.2 Å². The highest BCUT2D eigenvalue weighted by atomic mass is 15.1. The molecular formula is C18H25N3. The van der Waals surface area contributed by atoms with Gasteiger partial charge in [0.05, 0.1) is 24.3 Å². The molecule has 3 heteroatoms. The van der Waals surface area contributed by atoms with Crippen LogP contribution in [0.4, 0.5) is 0 Å². The number of benzene rings is 1. The molecule has 2 N–H and O–H groups in total. The molecular weight excluding hydrogens is 258 g/mol. The van der Waals surface area contributed by atoms with Crippen LogP contribution < -0.4 is 5.73 Å². The first-order valence-corrected chi connectivity index (χ1v) is 7.99. The van der Waals surface area contributed by atoms with Crippen LogP contribution in [0, 0.1) is 11.8 Å². The first-order chi connectivity index (χ1) is 10.2. The third-order valence-electron chi connectivity index (χ3n) is 4.92. The van der Waals surface area contributed by atoms with Gasteiger partial charge in [0.25, 0.3) is 0 Å². The van der Waals surface area contributed by atoms with E-state index >= 15 is 0 Å². The average Bonchev–Trinajstić information content (AvgIpc) is 2.96. The lowest BCUT2D eigenvalue weighted by Crippen LogP contribution is -2.27. The molecule has 0 spiro atoms. The zero-order valence-corrected chi connectivity index (χ0v) is 12.9. The number of nitrogens with two attached hydrogens (primary N) is 1. The van der Waals surface area contributed by atoms with Crippen LogP contribution in [0.25, 0.3) is 0 Å². The normalized spacial score (nSPS) is 27.5. The first-order valence-electron chi connectivity index (χ1n) is 7.99. The summed E-state index contributed by atoms with van der Waals surface area (Å²) in [6.07, 6.45) is 7.72. The highest BCUT2D eigenvalue weighted by Crippen LogP contribution is 2.38. The van der Waals surface area contributed by atoms with E-state index in [1.165, 1.54) is 19.3 Å². The van der Waals surface area contributed by atoms with Crippen molar-refractivity contribution >= 4 is 0 Å².